The van der Waals surface area contributed by atoms with Crippen LogP contribution in [0.15, 0.2) is 84.0 Å². The molecule has 1 aliphatic heterocycles. The number of rotatable bonds is 6. The summed E-state index contributed by atoms with van der Waals surface area (Å²) in [5.41, 5.74) is 1.98. The second-order valence-corrected chi connectivity index (χ2v) is 8.45. The van der Waals surface area contributed by atoms with E-state index in [4.69, 9.17) is 0 Å². The number of amides is 2. The maximum Gasteiger partial charge on any atom is 0.321 e. The molecule has 0 saturated carbocycles. The highest BCUT2D eigenvalue weighted by Gasteiger charge is 2.27. The molecule has 0 aliphatic carbocycles. The van der Waals surface area contributed by atoms with E-state index in [1.807, 2.05) is 30.3 Å². The molecule has 148 valence electrons. The first kappa shape index (κ1) is 18.9. The van der Waals surface area contributed by atoms with E-state index < -0.39 is 10.0 Å². The Morgan fingerprint density at radius 3 is 2.55 bits per heavy atom. The fraction of sp³-hybridized carbons (Fsp3) is 0.143. The molecule has 0 unspecified atom stereocenters. The number of pyridine rings is 1. The summed E-state index contributed by atoms with van der Waals surface area (Å²) in [5, 5.41) is 2.76. The molecule has 2 aromatic carbocycles. The molecule has 1 aromatic heterocycles. The highest BCUT2D eigenvalue weighted by molar-refractivity contribution is 7.92. The van der Waals surface area contributed by atoms with Gasteiger partial charge in [-0.05, 0) is 35.9 Å². The zero-order valence-electron chi connectivity index (χ0n) is 15.6. The van der Waals surface area contributed by atoms with E-state index in [-0.39, 0.29) is 17.5 Å². The highest BCUT2D eigenvalue weighted by atomic mass is 32.2. The molecule has 7 nitrogen and oxygen atoms in total. The third kappa shape index (κ3) is 3.93. The van der Waals surface area contributed by atoms with E-state index in [9.17, 15) is 13.2 Å². The molecule has 1 fully saturated rings. The molecule has 2 heterocycles. The Balaban J connectivity index is 1.77. The fourth-order valence-corrected chi connectivity index (χ4v) is 4.63. The van der Waals surface area contributed by atoms with Gasteiger partial charge >= 0.3 is 6.03 Å². The largest absolute Gasteiger partial charge is 0.336 e. The summed E-state index contributed by atoms with van der Waals surface area (Å²) in [4.78, 5) is 17.7. The van der Waals surface area contributed by atoms with Crippen LogP contribution in [0.1, 0.15) is 5.56 Å². The van der Waals surface area contributed by atoms with Gasteiger partial charge in [0.15, 0.2) is 0 Å². The van der Waals surface area contributed by atoms with Crippen molar-refractivity contribution >= 4 is 27.4 Å². The SMILES string of the molecule is O=C1NCCN1c1cccc(N(Cc2ccccc2)S(=O)(=O)c2cccnc2)c1. The van der Waals surface area contributed by atoms with Crippen LogP contribution in [0, 0.1) is 0 Å². The van der Waals surface area contributed by atoms with Gasteiger partial charge in [0.25, 0.3) is 10.0 Å². The van der Waals surface area contributed by atoms with E-state index in [2.05, 4.69) is 10.3 Å². The van der Waals surface area contributed by atoms with Crippen molar-refractivity contribution < 1.29 is 13.2 Å². The number of sulfonamides is 1. The maximum atomic E-state index is 13.4. The Hall–Kier alpha value is -3.39. The van der Waals surface area contributed by atoms with Crippen LogP contribution in [0.5, 0.6) is 0 Å². The summed E-state index contributed by atoms with van der Waals surface area (Å²) in [5.74, 6) is 0. The number of anilines is 2. The number of urea groups is 1. The van der Waals surface area contributed by atoms with E-state index >= 15 is 0 Å². The summed E-state index contributed by atoms with van der Waals surface area (Å²) >= 11 is 0. The van der Waals surface area contributed by atoms with Crippen molar-refractivity contribution in [3.63, 3.8) is 0 Å². The summed E-state index contributed by atoms with van der Waals surface area (Å²) in [6.07, 6.45) is 2.87. The first-order valence-electron chi connectivity index (χ1n) is 9.18. The highest BCUT2D eigenvalue weighted by Crippen LogP contribution is 2.29. The van der Waals surface area contributed by atoms with E-state index in [0.717, 1.165) is 5.56 Å². The molecule has 2 amide bonds. The van der Waals surface area contributed by atoms with Crippen LogP contribution in [-0.2, 0) is 16.6 Å². The number of carbonyl (C=O) groups excluding carboxylic acids is 1. The Morgan fingerprint density at radius 2 is 1.86 bits per heavy atom. The summed E-state index contributed by atoms with van der Waals surface area (Å²) in [6, 6.07) is 19.3. The van der Waals surface area contributed by atoms with Gasteiger partial charge in [0.05, 0.1) is 12.2 Å². The first-order chi connectivity index (χ1) is 14.1. The van der Waals surface area contributed by atoms with Crippen LogP contribution in [0.25, 0.3) is 0 Å². The van der Waals surface area contributed by atoms with Gasteiger partial charge in [-0.25, -0.2) is 13.2 Å². The molecule has 8 heteroatoms. The normalized spacial score (nSPS) is 13.9. The number of hydrogen-bond acceptors (Lipinski definition) is 4. The molecular weight excluding hydrogens is 388 g/mol. The number of nitrogens with one attached hydrogen (secondary N) is 1. The lowest BCUT2D eigenvalue weighted by atomic mass is 10.2. The van der Waals surface area contributed by atoms with Gasteiger partial charge in [-0.15, -0.1) is 0 Å². The lowest BCUT2D eigenvalue weighted by Gasteiger charge is -2.26. The van der Waals surface area contributed by atoms with Gasteiger partial charge in [-0.2, -0.15) is 0 Å². The Kier molecular flexibility index (Phi) is 5.18. The van der Waals surface area contributed by atoms with Gasteiger partial charge in [-0.1, -0.05) is 36.4 Å². The smallest absolute Gasteiger partial charge is 0.321 e. The third-order valence-corrected chi connectivity index (χ3v) is 6.43. The average molecular weight is 408 g/mol. The predicted octanol–water partition coefficient (Wildman–Crippen LogP) is 3.01. The van der Waals surface area contributed by atoms with Gasteiger partial charge in [0, 0.05) is 31.2 Å². The predicted molar refractivity (Wildman–Crippen MR) is 111 cm³/mol. The molecule has 0 spiro atoms. The first-order valence-corrected chi connectivity index (χ1v) is 10.6. The number of nitrogens with zero attached hydrogens (tertiary/aromatic N) is 3. The van der Waals surface area contributed by atoms with Gasteiger partial charge in [0.1, 0.15) is 4.90 Å². The molecule has 1 aliphatic rings. The zero-order chi connectivity index (χ0) is 20.3. The number of aromatic nitrogens is 1. The van der Waals surface area contributed by atoms with Crippen LogP contribution < -0.4 is 14.5 Å². The molecule has 3 aromatic rings. The lowest BCUT2D eigenvalue weighted by Crippen LogP contribution is -2.31. The number of hydrogen-bond donors (Lipinski definition) is 1. The zero-order valence-corrected chi connectivity index (χ0v) is 16.4. The Morgan fingerprint density at radius 1 is 1.03 bits per heavy atom. The number of carbonyl (C=O) groups is 1. The van der Waals surface area contributed by atoms with Crippen LogP contribution in [0.2, 0.25) is 0 Å². The average Bonchev–Trinajstić information content (AvgIpc) is 3.19. The van der Waals surface area contributed by atoms with Crippen LogP contribution in [-0.4, -0.2) is 32.5 Å². The summed E-state index contributed by atoms with van der Waals surface area (Å²) < 4.78 is 28.2. The molecule has 1 saturated heterocycles. The van der Waals surface area contributed by atoms with E-state index in [1.54, 1.807) is 35.2 Å². The fourth-order valence-electron chi connectivity index (χ4n) is 3.23. The van der Waals surface area contributed by atoms with Crippen molar-refractivity contribution in [1.82, 2.24) is 10.3 Å². The minimum atomic E-state index is -3.85. The quantitative estimate of drug-likeness (QED) is 0.680. The third-order valence-electron chi connectivity index (χ3n) is 4.68. The molecule has 0 radical (unpaired) electrons. The molecule has 0 atom stereocenters. The van der Waals surface area contributed by atoms with Crippen LogP contribution in [0.4, 0.5) is 16.2 Å². The monoisotopic (exact) mass is 408 g/mol. The topological polar surface area (TPSA) is 82.6 Å². The maximum absolute atomic E-state index is 13.4. The van der Waals surface area contributed by atoms with Crippen molar-refractivity contribution in [3.05, 3.63) is 84.7 Å². The van der Waals surface area contributed by atoms with Crippen molar-refractivity contribution in [2.45, 2.75) is 11.4 Å². The van der Waals surface area contributed by atoms with Gasteiger partial charge in [-0.3, -0.25) is 14.2 Å². The lowest BCUT2D eigenvalue weighted by molar-refractivity contribution is 0.252. The minimum Gasteiger partial charge on any atom is -0.336 e. The van der Waals surface area contributed by atoms with Crippen molar-refractivity contribution in [3.8, 4) is 0 Å². The second kappa shape index (κ2) is 7.92. The van der Waals surface area contributed by atoms with E-state index in [1.165, 1.54) is 22.8 Å². The standard InChI is InChI=1S/C21H20N4O3S/c26-21-23-12-13-24(21)18-8-4-9-19(14-18)25(16-17-6-2-1-3-7-17)29(27,28)20-10-5-11-22-15-20/h1-11,14-15H,12-13,16H2,(H,23,26). The summed E-state index contributed by atoms with van der Waals surface area (Å²) in [6.45, 7) is 1.26. The van der Waals surface area contributed by atoms with Crippen LogP contribution >= 0.6 is 0 Å². The molecule has 4 rings (SSSR count). The van der Waals surface area contributed by atoms with Crippen molar-refractivity contribution in [2.24, 2.45) is 0 Å². The van der Waals surface area contributed by atoms with Crippen LogP contribution in [0.3, 0.4) is 0 Å². The van der Waals surface area contributed by atoms with Crippen molar-refractivity contribution in [1.29, 1.82) is 0 Å². The molecular formula is C21H20N4O3S. The Bertz CT molecular complexity index is 1110. The van der Waals surface area contributed by atoms with Gasteiger partial charge in [0.2, 0.25) is 0 Å². The number of benzene rings is 2. The molecule has 29 heavy (non-hydrogen) atoms. The van der Waals surface area contributed by atoms with Gasteiger partial charge < -0.3 is 5.32 Å². The summed E-state index contributed by atoms with van der Waals surface area (Å²) in [7, 11) is -3.85. The minimum absolute atomic E-state index is 0.111. The molecule has 0 bridgehead atoms. The molecule has 1 N–H and O–H groups in total. The van der Waals surface area contributed by atoms with Crippen molar-refractivity contribution in [2.75, 3.05) is 22.3 Å². The Labute approximate surface area is 169 Å². The van der Waals surface area contributed by atoms with E-state index in [0.29, 0.717) is 24.5 Å². The second-order valence-electron chi connectivity index (χ2n) is 6.59.